The number of ether oxygens (including phenoxy) is 4. The minimum atomic E-state index is -1.37. The number of unbranched alkanes of at least 4 members (excludes halogenated alkanes) is 5. The molecule has 4 atom stereocenters. The van der Waals surface area contributed by atoms with E-state index in [0.29, 0.717) is 77.3 Å². The van der Waals surface area contributed by atoms with Crippen molar-refractivity contribution in [3.05, 3.63) is 131 Å². The fourth-order valence-corrected chi connectivity index (χ4v) is 9.83. The zero-order valence-corrected chi connectivity index (χ0v) is 53.1. The molecule has 5 aromatic rings. The molecule has 19 N–H and O–H groups in total. The van der Waals surface area contributed by atoms with Gasteiger partial charge in [-0.3, -0.25) is 43.2 Å². The number of rotatable bonds is 41. The molecule has 0 heterocycles. The summed E-state index contributed by atoms with van der Waals surface area (Å²) in [6.07, 6.45) is 5.24. The van der Waals surface area contributed by atoms with Gasteiger partial charge in [0, 0.05) is 22.7 Å². The van der Waals surface area contributed by atoms with E-state index >= 15 is 0 Å². The fraction of sp³-hybridized carbons (Fsp3) is 0.394. The number of primary amides is 1. The predicted octanol–water partition coefficient (Wildman–Crippen LogP) is 4.06. The Kier molecular flexibility index (Phi) is 31.2. The van der Waals surface area contributed by atoms with Crippen LogP contribution >= 0.6 is 0 Å². The van der Waals surface area contributed by atoms with Crippen LogP contribution in [0.25, 0.3) is 0 Å². The van der Waals surface area contributed by atoms with E-state index in [4.69, 9.17) is 47.6 Å². The molecule has 0 unspecified atom stereocenters. The first-order valence-electron chi connectivity index (χ1n) is 30.9. The van der Waals surface area contributed by atoms with Gasteiger partial charge in [0.15, 0.2) is 6.61 Å². The third-order valence-electron chi connectivity index (χ3n) is 14.8. The number of methoxy groups -OCH3 is 3. The zero-order chi connectivity index (χ0) is 68.5. The Balaban J connectivity index is 1.36. The Morgan fingerprint density at radius 3 is 1.07 bits per heavy atom. The van der Waals surface area contributed by atoms with Gasteiger partial charge in [-0.15, -0.1) is 0 Å². The quantitative estimate of drug-likeness (QED) is 0.0245. The normalized spacial score (nSPS) is 12.1. The second kappa shape index (κ2) is 39.3. The number of hydrogen-bond donors (Lipinski definition) is 14. The van der Waals surface area contributed by atoms with Crippen LogP contribution < -0.4 is 90.2 Å². The molecule has 94 heavy (non-hydrogen) atoms. The zero-order valence-electron chi connectivity index (χ0n) is 53.1. The van der Waals surface area contributed by atoms with Crippen molar-refractivity contribution in [3.63, 3.8) is 0 Å². The molecule has 0 radical (unpaired) electrons. The highest BCUT2D eigenvalue weighted by atomic mass is 16.5. The monoisotopic (exact) mass is 1300 g/mol. The molecule has 0 aromatic heterocycles. The molecule has 0 aliphatic carbocycles. The summed E-state index contributed by atoms with van der Waals surface area (Å²) in [4.78, 5) is 136. The van der Waals surface area contributed by atoms with Crippen LogP contribution in [0.15, 0.2) is 103 Å². The standard InChI is InChI=1S/C66H87N13O15/c1-91-53-26-22-41(35-45(53)59(71)83)72-65(89)52(21-11-15-33-70)79-62(86)48-38-44(25-29-56(48)94-39-58(81)82)75-66(90)51(20-10-14-32-69)78-61(85)47-37-43(24-28-55(47)93-3)74-64(88)50(18-8-5-12-30-67)77-60(84)46-36-42(23-27-54(46)92-2)73-63(87)49(19-9-13-31-68)76-57(80)34-40-16-6-4-7-17-40/h4,6-7,16-17,22-29,35-38,49-52H,5,8-15,18-21,30-34,39,67-70H2,1-3H3,(H2,71,83)(H,72,89)(H,73,87)(H,74,88)(H,75,90)(H,76,80)(H,77,84)(H,78,85)(H,79,86)(H,81,82)/t49-,50-,51-,52-/m0/s1. The molecule has 5 aromatic carbocycles. The highest BCUT2D eigenvalue weighted by Crippen LogP contribution is 2.29. The Morgan fingerprint density at radius 1 is 0.404 bits per heavy atom. The number of anilines is 4. The number of carboxylic acid groups (broad SMARTS) is 1. The molecule has 0 saturated heterocycles. The van der Waals surface area contributed by atoms with Gasteiger partial charge in [-0.2, -0.15) is 0 Å². The maximum atomic E-state index is 14.4. The lowest BCUT2D eigenvalue weighted by Crippen LogP contribution is -2.45. The van der Waals surface area contributed by atoms with Gasteiger partial charge < -0.3 is 95.3 Å². The van der Waals surface area contributed by atoms with Crippen LogP contribution in [0, 0.1) is 0 Å². The van der Waals surface area contributed by atoms with Crippen LogP contribution in [0.4, 0.5) is 22.7 Å². The van der Waals surface area contributed by atoms with Crippen LogP contribution in [0.3, 0.4) is 0 Å². The maximum absolute atomic E-state index is 14.4. The van der Waals surface area contributed by atoms with Crippen molar-refractivity contribution in [1.29, 1.82) is 0 Å². The van der Waals surface area contributed by atoms with Crippen molar-refractivity contribution >= 4 is 81.9 Å². The number of benzene rings is 5. The second-order valence-electron chi connectivity index (χ2n) is 21.8. The Morgan fingerprint density at radius 2 is 0.723 bits per heavy atom. The molecule has 5 rings (SSSR count). The van der Waals surface area contributed by atoms with E-state index in [1.807, 2.05) is 18.2 Å². The van der Waals surface area contributed by atoms with Crippen LogP contribution in [-0.4, -0.2) is 143 Å². The van der Waals surface area contributed by atoms with Crippen molar-refractivity contribution in [2.75, 3.05) is 75.4 Å². The number of carbonyl (C=O) groups excluding carboxylic acids is 9. The van der Waals surface area contributed by atoms with Crippen molar-refractivity contribution in [1.82, 2.24) is 21.3 Å². The fourth-order valence-electron chi connectivity index (χ4n) is 9.83. The van der Waals surface area contributed by atoms with Gasteiger partial charge in [0.1, 0.15) is 47.2 Å². The largest absolute Gasteiger partial charge is 0.496 e. The average Bonchev–Trinajstić information content (AvgIpc) is 0.893. The van der Waals surface area contributed by atoms with Crippen LogP contribution in [-0.2, 0) is 35.2 Å². The first kappa shape index (κ1) is 74.6. The smallest absolute Gasteiger partial charge is 0.341 e. The lowest BCUT2D eigenvalue weighted by molar-refractivity contribution is -0.139. The molecule has 0 aliphatic rings. The molecule has 9 amide bonds. The lowest BCUT2D eigenvalue weighted by Gasteiger charge is -2.22. The molecule has 506 valence electrons. The Labute approximate surface area is 545 Å². The van der Waals surface area contributed by atoms with Gasteiger partial charge >= 0.3 is 5.97 Å². The van der Waals surface area contributed by atoms with Crippen LogP contribution in [0.5, 0.6) is 23.0 Å². The topological polar surface area (TPSA) is 454 Å². The highest BCUT2D eigenvalue weighted by Gasteiger charge is 2.30. The Hall–Kier alpha value is -10.2. The molecular weight excluding hydrogens is 1210 g/mol. The number of aliphatic carboxylic acids is 1. The van der Waals surface area contributed by atoms with E-state index in [-0.39, 0.29) is 113 Å². The van der Waals surface area contributed by atoms with Gasteiger partial charge in [0.25, 0.3) is 23.6 Å². The van der Waals surface area contributed by atoms with Gasteiger partial charge in [-0.25, -0.2) is 4.79 Å². The van der Waals surface area contributed by atoms with E-state index in [0.717, 1.165) is 5.56 Å². The summed E-state index contributed by atoms with van der Waals surface area (Å²) in [5, 5.41) is 31.5. The van der Waals surface area contributed by atoms with E-state index in [1.165, 1.54) is 94.1 Å². The predicted molar refractivity (Wildman–Crippen MR) is 354 cm³/mol. The third kappa shape index (κ3) is 23.8. The van der Waals surface area contributed by atoms with Crippen molar-refractivity contribution < 1.29 is 72.0 Å². The van der Waals surface area contributed by atoms with E-state index in [1.54, 1.807) is 12.1 Å². The summed E-state index contributed by atoms with van der Waals surface area (Å²) in [5.74, 6) is -7.50. The first-order valence-corrected chi connectivity index (χ1v) is 30.9. The Bertz CT molecular complexity index is 3410. The molecule has 28 heteroatoms. The average molecular weight is 1300 g/mol. The number of nitrogens with one attached hydrogen (secondary N) is 8. The number of hydrogen-bond acceptors (Lipinski definition) is 18. The van der Waals surface area contributed by atoms with E-state index in [9.17, 15) is 53.1 Å². The van der Waals surface area contributed by atoms with Crippen LogP contribution in [0.1, 0.15) is 130 Å². The minimum absolute atomic E-state index is 0.00184. The van der Waals surface area contributed by atoms with E-state index in [2.05, 4.69) is 42.5 Å². The molecule has 0 fully saturated rings. The summed E-state index contributed by atoms with van der Waals surface area (Å²) in [5.41, 5.74) is 29.4. The van der Waals surface area contributed by atoms with E-state index < -0.39 is 84.0 Å². The summed E-state index contributed by atoms with van der Waals surface area (Å²) in [6.45, 7) is 0.463. The highest BCUT2D eigenvalue weighted by molar-refractivity contribution is 6.08. The molecular formula is C66H87N13O15. The van der Waals surface area contributed by atoms with Gasteiger partial charge in [0.05, 0.1) is 50.0 Å². The number of carboxylic acids is 1. The first-order chi connectivity index (χ1) is 45.2. The summed E-state index contributed by atoms with van der Waals surface area (Å²) in [7, 11) is 4.02. The molecule has 0 spiro atoms. The van der Waals surface area contributed by atoms with Gasteiger partial charge in [0.2, 0.25) is 29.5 Å². The third-order valence-corrected chi connectivity index (χ3v) is 14.8. The number of nitrogens with two attached hydrogens (primary N) is 5. The van der Waals surface area contributed by atoms with Crippen molar-refractivity contribution in [2.45, 2.75) is 114 Å². The SMILES string of the molecule is COc1ccc(NC(=O)[C@H](CCCCN)NC(=O)c2cc(NC(=O)[C@H](CCCCN)NC(=O)c3cc(NC(=O)[C@H](CCCCCN)NC(=O)c4cc(NC(=O)[C@H](CCCCN)NC(=O)Cc5ccccc5)ccc4OC)ccc3OC)ccc2OCC(=O)O)cc1C(N)=O. The second-order valence-corrected chi connectivity index (χ2v) is 21.8. The summed E-state index contributed by atoms with van der Waals surface area (Å²) < 4.78 is 21.8. The molecule has 0 saturated carbocycles. The minimum Gasteiger partial charge on any atom is -0.496 e. The van der Waals surface area contributed by atoms with Crippen molar-refractivity contribution in [3.8, 4) is 23.0 Å². The summed E-state index contributed by atoms with van der Waals surface area (Å²) in [6, 6.07) is 21.1. The maximum Gasteiger partial charge on any atom is 0.341 e. The summed E-state index contributed by atoms with van der Waals surface area (Å²) >= 11 is 0. The number of amides is 9. The molecule has 0 bridgehead atoms. The molecule has 28 nitrogen and oxygen atoms in total. The molecule has 0 aliphatic heterocycles. The van der Waals surface area contributed by atoms with Crippen LogP contribution in [0.2, 0.25) is 0 Å². The lowest BCUT2D eigenvalue weighted by atomic mass is 10.0. The van der Waals surface area contributed by atoms with Gasteiger partial charge in [-0.05, 0) is 175 Å². The van der Waals surface area contributed by atoms with Gasteiger partial charge in [-0.1, -0.05) is 43.2 Å². The van der Waals surface area contributed by atoms with Crippen molar-refractivity contribution in [2.24, 2.45) is 28.7 Å². The number of carbonyl (C=O) groups is 10.